The fraction of sp³-hybridized carbons (Fsp3) is 0.0959. The Bertz CT molecular complexity index is 3690. The van der Waals surface area contributed by atoms with Crippen LogP contribution in [0.5, 0.6) is 0 Å². The number of hydrogen-bond donors (Lipinski definition) is 0. The van der Waals surface area contributed by atoms with E-state index in [1.807, 2.05) is 0 Å². The molecule has 0 aromatic heterocycles. The summed E-state index contributed by atoms with van der Waals surface area (Å²) in [6.45, 7) is 0. The first kappa shape index (κ1) is 44.4. The van der Waals surface area contributed by atoms with Crippen LogP contribution in [0.3, 0.4) is 0 Å². The predicted octanol–water partition coefficient (Wildman–Crippen LogP) is 19.2. The standard InChI is InChI=1S/C73H56/c1-5-21-51(22-6-1)55-29-17-33-59(41-55)63-45-64(60-34-18-30-56(42-60)52-23-7-2-8-24-52)48-67(47-63)73(71-39-15-13-37-69(71)70-38-14-16-40-72(70)73)68-49-65(61-35-19-31-57(43-61)53-25-9-3-10-26-53)46-66(50-68)62-36-20-32-58(44-62)54-27-11-4-12-28-54/h1-17,19,21-27,29,31-35,37-50,54H,18,20,28,30,36H2. The number of fused-ring (bicyclic) bond motifs is 3. The molecular weight excluding hydrogens is 877 g/mol. The third-order valence-corrected chi connectivity index (χ3v) is 15.8. The fourth-order valence-electron chi connectivity index (χ4n) is 12.2. The van der Waals surface area contributed by atoms with Gasteiger partial charge in [-0.3, -0.25) is 0 Å². The summed E-state index contributed by atoms with van der Waals surface area (Å²) in [4.78, 5) is 0. The number of allylic oxidation sites excluding steroid dienone is 12. The average Bonchev–Trinajstić information content (AvgIpc) is 3.80. The van der Waals surface area contributed by atoms with Gasteiger partial charge in [0.1, 0.15) is 0 Å². The zero-order valence-electron chi connectivity index (χ0n) is 41.1. The van der Waals surface area contributed by atoms with E-state index >= 15 is 0 Å². The molecule has 9 aromatic carbocycles. The Kier molecular flexibility index (Phi) is 11.7. The van der Waals surface area contributed by atoms with E-state index in [9.17, 15) is 0 Å². The second-order valence-corrected chi connectivity index (χ2v) is 20.1. The first-order valence-electron chi connectivity index (χ1n) is 26.2. The van der Waals surface area contributed by atoms with Crippen LogP contribution in [0.4, 0.5) is 0 Å². The van der Waals surface area contributed by atoms with Crippen LogP contribution in [0.25, 0.3) is 72.4 Å². The second-order valence-electron chi connectivity index (χ2n) is 20.1. The molecule has 0 N–H and O–H groups in total. The monoisotopic (exact) mass is 932 g/mol. The molecule has 348 valence electrons. The van der Waals surface area contributed by atoms with Gasteiger partial charge in [-0.1, -0.05) is 225 Å². The van der Waals surface area contributed by atoms with Gasteiger partial charge in [0.15, 0.2) is 0 Å². The minimum atomic E-state index is -0.678. The molecule has 0 spiro atoms. The summed E-state index contributed by atoms with van der Waals surface area (Å²) in [5, 5.41) is 0. The molecule has 13 rings (SSSR count). The largest absolute Gasteiger partial charge is 0.0836 e. The van der Waals surface area contributed by atoms with Gasteiger partial charge in [0.05, 0.1) is 5.41 Å². The van der Waals surface area contributed by atoms with Crippen molar-refractivity contribution in [1.29, 1.82) is 0 Å². The van der Waals surface area contributed by atoms with Gasteiger partial charge < -0.3 is 0 Å². The summed E-state index contributed by atoms with van der Waals surface area (Å²) in [7, 11) is 0. The molecule has 1 unspecified atom stereocenters. The van der Waals surface area contributed by atoms with Crippen molar-refractivity contribution >= 4 is 16.7 Å². The van der Waals surface area contributed by atoms with E-state index < -0.39 is 5.41 Å². The predicted molar refractivity (Wildman–Crippen MR) is 309 cm³/mol. The van der Waals surface area contributed by atoms with Gasteiger partial charge in [-0.05, 0) is 198 Å². The first-order valence-corrected chi connectivity index (χ1v) is 26.2. The lowest BCUT2D eigenvalue weighted by atomic mass is 9.66. The molecule has 0 nitrogen and oxygen atoms in total. The maximum atomic E-state index is 2.57. The lowest BCUT2D eigenvalue weighted by Gasteiger charge is -2.36. The van der Waals surface area contributed by atoms with Crippen molar-refractivity contribution in [1.82, 2.24) is 0 Å². The second kappa shape index (κ2) is 19.2. The molecule has 0 saturated heterocycles. The maximum absolute atomic E-state index is 2.57. The SMILES string of the molecule is C1=CCC(C2=CCCC(c3cc(-c4cccc(-c5ccccc5)c4)cc(C4(c5cc(C6=CCCC(c7ccccc7)=C6)cc(-c6cccc(-c7ccccc7)c6)c5)c5ccccc5-c5ccccc54)c3)=C2)C=C1. The van der Waals surface area contributed by atoms with Crippen LogP contribution in [0, 0.1) is 5.92 Å². The van der Waals surface area contributed by atoms with Crippen molar-refractivity contribution in [3.05, 3.63) is 318 Å². The molecule has 0 radical (unpaired) electrons. The summed E-state index contributed by atoms with van der Waals surface area (Å²) in [6, 6.07) is 84.5. The zero-order chi connectivity index (χ0) is 48.6. The third kappa shape index (κ3) is 8.34. The van der Waals surface area contributed by atoms with Crippen molar-refractivity contribution in [2.24, 2.45) is 5.92 Å². The van der Waals surface area contributed by atoms with Crippen LogP contribution < -0.4 is 0 Å². The highest BCUT2D eigenvalue weighted by Gasteiger charge is 2.47. The molecule has 0 fully saturated rings. The van der Waals surface area contributed by atoms with Crippen LogP contribution in [-0.4, -0.2) is 0 Å². The van der Waals surface area contributed by atoms with Crippen LogP contribution in [-0.2, 0) is 5.41 Å². The van der Waals surface area contributed by atoms with E-state index in [0.29, 0.717) is 5.92 Å². The fourth-order valence-corrected chi connectivity index (χ4v) is 12.2. The first-order chi connectivity index (χ1) is 36.2. The van der Waals surface area contributed by atoms with E-state index in [1.54, 1.807) is 0 Å². The lowest BCUT2D eigenvalue weighted by Crippen LogP contribution is -2.29. The molecule has 73 heavy (non-hydrogen) atoms. The summed E-state index contributed by atoms with van der Waals surface area (Å²) in [6.07, 6.45) is 24.1. The van der Waals surface area contributed by atoms with Gasteiger partial charge in [-0.15, -0.1) is 0 Å². The summed E-state index contributed by atoms with van der Waals surface area (Å²) < 4.78 is 0. The average molecular weight is 933 g/mol. The molecule has 0 saturated carbocycles. The molecule has 0 aliphatic heterocycles. The normalized spacial score (nSPS) is 16.4. The van der Waals surface area contributed by atoms with Crippen molar-refractivity contribution < 1.29 is 0 Å². The molecule has 4 aliphatic rings. The number of rotatable bonds is 10. The number of hydrogen-bond acceptors (Lipinski definition) is 0. The molecule has 0 heteroatoms. The van der Waals surface area contributed by atoms with Crippen molar-refractivity contribution in [3.8, 4) is 55.6 Å². The number of benzene rings is 9. The van der Waals surface area contributed by atoms with Crippen molar-refractivity contribution in [2.75, 3.05) is 0 Å². The van der Waals surface area contributed by atoms with Gasteiger partial charge >= 0.3 is 0 Å². The summed E-state index contributed by atoms with van der Waals surface area (Å²) in [5.74, 6) is 0.387. The van der Waals surface area contributed by atoms with E-state index in [2.05, 4.69) is 273 Å². The Morgan fingerprint density at radius 1 is 0.342 bits per heavy atom. The minimum absolute atomic E-state index is 0.387. The molecule has 9 aromatic rings. The Hall–Kier alpha value is -8.58. The van der Waals surface area contributed by atoms with Gasteiger partial charge in [0.25, 0.3) is 0 Å². The highest BCUT2D eigenvalue weighted by Crippen LogP contribution is 2.58. The van der Waals surface area contributed by atoms with Crippen LogP contribution in [0.15, 0.2) is 279 Å². The van der Waals surface area contributed by atoms with Crippen LogP contribution in [0.2, 0.25) is 0 Å². The van der Waals surface area contributed by atoms with E-state index in [1.165, 1.54) is 117 Å². The van der Waals surface area contributed by atoms with Crippen LogP contribution in [0.1, 0.15) is 71.0 Å². The van der Waals surface area contributed by atoms with E-state index in [-0.39, 0.29) is 0 Å². The lowest BCUT2D eigenvalue weighted by molar-refractivity contribution is 0.766. The van der Waals surface area contributed by atoms with Crippen molar-refractivity contribution in [3.63, 3.8) is 0 Å². The molecule has 0 amide bonds. The highest BCUT2D eigenvalue weighted by atomic mass is 14.5. The smallest absolute Gasteiger partial charge is 0.0714 e. The molecule has 0 heterocycles. The Morgan fingerprint density at radius 3 is 1.37 bits per heavy atom. The maximum Gasteiger partial charge on any atom is 0.0714 e. The Morgan fingerprint density at radius 2 is 0.795 bits per heavy atom. The molecule has 1 atom stereocenters. The van der Waals surface area contributed by atoms with Gasteiger partial charge in [0.2, 0.25) is 0 Å². The summed E-state index contributed by atoms with van der Waals surface area (Å²) in [5.41, 5.74) is 26.1. The summed E-state index contributed by atoms with van der Waals surface area (Å²) >= 11 is 0. The van der Waals surface area contributed by atoms with Crippen molar-refractivity contribution in [2.45, 2.75) is 37.5 Å². The topological polar surface area (TPSA) is 0 Å². The van der Waals surface area contributed by atoms with Crippen LogP contribution >= 0.6 is 0 Å². The van der Waals surface area contributed by atoms with E-state index in [4.69, 9.17) is 0 Å². The quantitative estimate of drug-likeness (QED) is 0.128. The van der Waals surface area contributed by atoms with Gasteiger partial charge in [0, 0.05) is 5.92 Å². The van der Waals surface area contributed by atoms with E-state index in [0.717, 1.165) is 32.1 Å². The minimum Gasteiger partial charge on any atom is -0.0836 e. The molecule has 4 aliphatic carbocycles. The van der Waals surface area contributed by atoms with Gasteiger partial charge in [-0.25, -0.2) is 0 Å². The van der Waals surface area contributed by atoms with Gasteiger partial charge in [-0.2, -0.15) is 0 Å². The zero-order valence-corrected chi connectivity index (χ0v) is 41.1. The highest BCUT2D eigenvalue weighted by molar-refractivity contribution is 5.92. The molecule has 0 bridgehead atoms. The molecular formula is C73H56. The Labute approximate surface area is 431 Å². The third-order valence-electron chi connectivity index (χ3n) is 15.8. The Balaban J connectivity index is 1.09.